The minimum absolute atomic E-state index is 0.0930. The number of nitrogens with zero attached hydrogens (tertiary/aromatic N) is 3. The van der Waals surface area contributed by atoms with Gasteiger partial charge in [0.25, 0.3) is 11.8 Å². The fraction of sp³-hybridized carbons (Fsp3) is 0.320. The third kappa shape index (κ3) is 3.70. The Hall–Kier alpha value is -3.43. The lowest BCUT2D eigenvalue weighted by Gasteiger charge is -2.13. The Labute approximate surface area is 200 Å². The number of thiophene rings is 1. The molecule has 9 heteroatoms. The first kappa shape index (κ1) is 22.4. The van der Waals surface area contributed by atoms with Gasteiger partial charge in [-0.1, -0.05) is 6.92 Å². The van der Waals surface area contributed by atoms with Crippen LogP contribution in [-0.2, 0) is 13.5 Å². The highest BCUT2D eigenvalue weighted by Crippen LogP contribution is 2.37. The number of hydrogen-bond donors (Lipinski definition) is 2. The number of carbonyl (C=O) groups is 2. The second-order valence-corrected chi connectivity index (χ2v) is 9.47. The Morgan fingerprint density at radius 2 is 2.12 bits per heavy atom. The van der Waals surface area contributed by atoms with Crippen molar-refractivity contribution in [2.45, 2.75) is 25.9 Å². The predicted octanol–water partition coefficient (Wildman–Crippen LogP) is 3.71. The number of carbonyl (C=O) groups excluding carboxylic acids is 2. The highest BCUT2D eigenvalue weighted by atomic mass is 32.1. The summed E-state index contributed by atoms with van der Waals surface area (Å²) in [7, 11) is 3.59. The zero-order chi connectivity index (χ0) is 24.0. The van der Waals surface area contributed by atoms with Gasteiger partial charge >= 0.3 is 0 Å². The summed E-state index contributed by atoms with van der Waals surface area (Å²) in [4.78, 5) is 32.0. The number of ether oxygens (including phenoxy) is 1. The fourth-order valence-electron chi connectivity index (χ4n) is 4.63. The predicted molar refractivity (Wildman–Crippen MR) is 132 cm³/mol. The van der Waals surface area contributed by atoms with E-state index in [2.05, 4.69) is 10.3 Å². The minimum Gasteiger partial charge on any atom is -0.456 e. The first-order chi connectivity index (χ1) is 16.4. The zero-order valence-corrected chi connectivity index (χ0v) is 20.1. The molecule has 3 aromatic heterocycles. The highest BCUT2D eigenvalue weighted by Gasteiger charge is 2.27. The molecule has 1 fully saturated rings. The van der Waals surface area contributed by atoms with Crippen molar-refractivity contribution in [2.24, 2.45) is 7.05 Å². The number of aromatic nitrogens is 2. The number of likely N-dealkylation sites (tertiary alicyclic amines) is 1. The maximum Gasteiger partial charge on any atom is 0.264 e. The minimum atomic E-state index is -0.458. The molecule has 1 aliphatic heterocycles. The van der Waals surface area contributed by atoms with Crippen LogP contribution < -0.4 is 10.1 Å². The van der Waals surface area contributed by atoms with Gasteiger partial charge in [-0.05, 0) is 31.0 Å². The Balaban J connectivity index is 1.50. The van der Waals surface area contributed by atoms with Crippen molar-refractivity contribution in [1.82, 2.24) is 19.8 Å². The van der Waals surface area contributed by atoms with E-state index in [0.717, 1.165) is 27.7 Å². The van der Waals surface area contributed by atoms with Crippen molar-refractivity contribution >= 4 is 44.3 Å². The van der Waals surface area contributed by atoms with Crippen molar-refractivity contribution < 1.29 is 19.4 Å². The number of aryl methyl sites for hydroxylation is 1. The molecule has 1 aliphatic rings. The van der Waals surface area contributed by atoms with Crippen molar-refractivity contribution in [3.05, 3.63) is 52.7 Å². The summed E-state index contributed by atoms with van der Waals surface area (Å²) >= 11 is 1.34. The lowest BCUT2D eigenvalue weighted by atomic mass is 10.1. The first-order valence-electron chi connectivity index (χ1n) is 11.3. The number of fused-ring (bicyclic) bond motifs is 2. The van der Waals surface area contributed by atoms with E-state index in [9.17, 15) is 14.7 Å². The molecule has 0 spiro atoms. The van der Waals surface area contributed by atoms with Gasteiger partial charge in [-0.3, -0.25) is 14.6 Å². The van der Waals surface area contributed by atoms with Crippen molar-refractivity contribution in [3.63, 3.8) is 0 Å². The topological polar surface area (TPSA) is 96.7 Å². The van der Waals surface area contributed by atoms with Crippen LogP contribution in [0.5, 0.6) is 11.5 Å². The molecular formula is C25H26N4O4S. The Morgan fingerprint density at radius 3 is 2.82 bits per heavy atom. The molecule has 0 radical (unpaired) electrons. The molecule has 1 saturated heterocycles. The van der Waals surface area contributed by atoms with E-state index in [0.29, 0.717) is 47.0 Å². The van der Waals surface area contributed by atoms with Crippen LogP contribution in [-0.4, -0.2) is 57.6 Å². The average molecular weight is 479 g/mol. The monoisotopic (exact) mass is 478 g/mol. The van der Waals surface area contributed by atoms with Gasteiger partial charge in [0.1, 0.15) is 11.5 Å². The van der Waals surface area contributed by atoms with E-state index in [1.165, 1.54) is 11.3 Å². The molecule has 4 aromatic rings. The Bertz CT molecular complexity index is 1420. The number of rotatable bonds is 5. The largest absolute Gasteiger partial charge is 0.456 e. The van der Waals surface area contributed by atoms with E-state index < -0.39 is 6.10 Å². The zero-order valence-electron chi connectivity index (χ0n) is 19.3. The number of hydrogen-bond acceptors (Lipinski definition) is 6. The lowest BCUT2D eigenvalue weighted by Crippen LogP contribution is -2.28. The number of nitrogens with one attached hydrogen (secondary N) is 1. The van der Waals surface area contributed by atoms with Gasteiger partial charge < -0.3 is 24.6 Å². The first-order valence-corrected chi connectivity index (χ1v) is 12.1. The van der Waals surface area contributed by atoms with Crippen molar-refractivity contribution in [2.75, 3.05) is 20.1 Å². The fourth-order valence-corrected chi connectivity index (χ4v) is 5.67. The van der Waals surface area contributed by atoms with E-state index in [1.54, 1.807) is 30.3 Å². The van der Waals surface area contributed by atoms with Gasteiger partial charge in [-0.2, -0.15) is 0 Å². The van der Waals surface area contributed by atoms with Gasteiger partial charge in [0.05, 0.1) is 32.3 Å². The third-order valence-electron chi connectivity index (χ3n) is 6.35. The third-order valence-corrected chi connectivity index (χ3v) is 7.47. The van der Waals surface area contributed by atoms with Crippen LogP contribution in [0.15, 0.2) is 36.5 Å². The molecule has 34 heavy (non-hydrogen) atoms. The van der Waals surface area contributed by atoms with Crippen LogP contribution in [0.2, 0.25) is 0 Å². The smallest absolute Gasteiger partial charge is 0.264 e. The van der Waals surface area contributed by atoms with E-state index in [-0.39, 0.29) is 11.8 Å². The van der Waals surface area contributed by atoms with E-state index in [1.807, 2.05) is 36.7 Å². The quantitative estimate of drug-likeness (QED) is 0.456. The molecular weight excluding hydrogens is 452 g/mol. The molecule has 1 aromatic carbocycles. The van der Waals surface area contributed by atoms with Crippen LogP contribution in [0, 0.1) is 0 Å². The second kappa shape index (κ2) is 8.73. The Morgan fingerprint density at radius 1 is 1.29 bits per heavy atom. The maximum absolute atomic E-state index is 12.9. The molecule has 5 rings (SSSR count). The second-order valence-electron chi connectivity index (χ2n) is 8.42. The normalized spacial score (nSPS) is 15.9. The van der Waals surface area contributed by atoms with Gasteiger partial charge in [-0.15, -0.1) is 11.3 Å². The van der Waals surface area contributed by atoms with Gasteiger partial charge in [0, 0.05) is 56.6 Å². The summed E-state index contributed by atoms with van der Waals surface area (Å²) in [5, 5.41) is 13.4. The number of amides is 2. The summed E-state index contributed by atoms with van der Waals surface area (Å²) < 4.78 is 9.07. The van der Waals surface area contributed by atoms with Gasteiger partial charge in [0.2, 0.25) is 0 Å². The summed E-state index contributed by atoms with van der Waals surface area (Å²) in [5.74, 6) is 1.06. The van der Waals surface area contributed by atoms with Crippen molar-refractivity contribution in [3.8, 4) is 11.5 Å². The average Bonchev–Trinajstić information content (AvgIpc) is 3.54. The van der Waals surface area contributed by atoms with Gasteiger partial charge in [0.15, 0.2) is 0 Å². The Kier molecular flexibility index (Phi) is 5.75. The molecule has 2 amide bonds. The van der Waals surface area contributed by atoms with Crippen molar-refractivity contribution in [1.29, 1.82) is 0 Å². The molecule has 0 aliphatic carbocycles. The molecule has 1 atom stereocenters. The van der Waals surface area contributed by atoms with E-state index >= 15 is 0 Å². The summed E-state index contributed by atoms with van der Waals surface area (Å²) in [6.07, 6.45) is 2.54. The highest BCUT2D eigenvalue weighted by molar-refractivity contribution is 7.21. The van der Waals surface area contributed by atoms with Crippen LogP contribution in [0.4, 0.5) is 0 Å². The SMILES string of the molecule is CCc1c(C(=O)NC)c2ccc(Oc3ccnc4cc(C(=O)N5CC[C@@H](O)C5)sc34)cc2n1C. The molecule has 0 bridgehead atoms. The number of benzene rings is 1. The van der Waals surface area contributed by atoms with Crippen LogP contribution >= 0.6 is 11.3 Å². The number of aliphatic hydroxyl groups excluding tert-OH is 1. The molecule has 8 nitrogen and oxygen atoms in total. The number of β-amino-alcohol motifs (C(OH)–C–C–N with tert-alkyl or cyclic N) is 1. The number of pyridine rings is 1. The molecule has 2 N–H and O–H groups in total. The molecule has 0 saturated carbocycles. The molecule has 4 heterocycles. The molecule has 176 valence electrons. The summed E-state index contributed by atoms with van der Waals surface area (Å²) in [6, 6.07) is 9.26. The van der Waals surface area contributed by atoms with Crippen LogP contribution in [0.25, 0.3) is 21.1 Å². The molecule has 0 unspecified atom stereocenters. The lowest BCUT2D eigenvalue weighted by molar-refractivity contribution is 0.0769. The van der Waals surface area contributed by atoms with E-state index in [4.69, 9.17) is 4.74 Å². The van der Waals surface area contributed by atoms with Crippen LogP contribution in [0.3, 0.4) is 0 Å². The number of aliphatic hydroxyl groups is 1. The van der Waals surface area contributed by atoms with Gasteiger partial charge in [-0.25, -0.2) is 0 Å². The maximum atomic E-state index is 12.9. The van der Waals surface area contributed by atoms with Crippen LogP contribution in [0.1, 0.15) is 39.1 Å². The standard InChI is InChI=1S/C25H26N4O4S/c1-4-18-22(24(31)26-2)16-6-5-15(11-19(16)28(18)3)33-20-7-9-27-17-12-21(34-23(17)20)25(32)29-10-8-14(30)13-29/h5-7,9,11-12,14,30H,4,8,10,13H2,1-3H3,(H,26,31)/t14-/m1/s1. The summed E-state index contributed by atoms with van der Waals surface area (Å²) in [5.41, 5.74) is 3.26. The summed E-state index contributed by atoms with van der Waals surface area (Å²) in [6.45, 7) is 2.95.